The molecular formula is C21H40N4O. The molecule has 2 aliphatic carbocycles. The van der Waals surface area contributed by atoms with Crippen LogP contribution in [0.2, 0.25) is 0 Å². The van der Waals surface area contributed by atoms with Crippen LogP contribution in [-0.4, -0.2) is 61.3 Å². The Hall–Kier alpha value is -0.810. The van der Waals surface area contributed by atoms with Crippen LogP contribution in [-0.2, 0) is 4.74 Å². The second-order valence-electron chi connectivity index (χ2n) is 8.47. The van der Waals surface area contributed by atoms with Gasteiger partial charge in [-0.15, -0.1) is 0 Å². The minimum atomic E-state index is -0.0219. The molecule has 0 aromatic carbocycles. The highest BCUT2D eigenvalue weighted by molar-refractivity contribution is 5.80. The topological polar surface area (TPSA) is 48.9 Å². The van der Waals surface area contributed by atoms with E-state index in [1.807, 2.05) is 0 Å². The van der Waals surface area contributed by atoms with Crippen molar-refractivity contribution in [1.29, 1.82) is 0 Å². The van der Waals surface area contributed by atoms with E-state index in [0.717, 1.165) is 51.0 Å². The highest BCUT2D eigenvalue weighted by atomic mass is 16.5. The lowest BCUT2D eigenvalue weighted by Crippen LogP contribution is -2.49. The van der Waals surface area contributed by atoms with E-state index in [4.69, 9.17) is 9.73 Å². The van der Waals surface area contributed by atoms with Crippen LogP contribution in [0.15, 0.2) is 4.99 Å². The number of nitrogens with one attached hydrogen (secondary N) is 2. The van der Waals surface area contributed by atoms with Crippen LogP contribution in [0.3, 0.4) is 0 Å². The van der Waals surface area contributed by atoms with Gasteiger partial charge in [0.2, 0.25) is 0 Å². The summed E-state index contributed by atoms with van der Waals surface area (Å²) >= 11 is 0. The van der Waals surface area contributed by atoms with Crippen molar-refractivity contribution in [3.05, 3.63) is 0 Å². The number of hydrogen-bond acceptors (Lipinski definition) is 3. The van der Waals surface area contributed by atoms with Crippen LogP contribution in [0.5, 0.6) is 0 Å². The number of aliphatic imine (C=N–C) groups is 1. The van der Waals surface area contributed by atoms with Gasteiger partial charge in [0.15, 0.2) is 5.96 Å². The molecule has 3 fully saturated rings. The molecule has 1 saturated heterocycles. The van der Waals surface area contributed by atoms with E-state index < -0.39 is 0 Å². The summed E-state index contributed by atoms with van der Waals surface area (Å²) in [5.41, 5.74) is -0.0219. The molecule has 0 unspecified atom stereocenters. The first-order valence-electron chi connectivity index (χ1n) is 11.2. The summed E-state index contributed by atoms with van der Waals surface area (Å²) in [5, 5.41) is 7.17. The summed E-state index contributed by atoms with van der Waals surface area (Å²) in [7, 11) is 0. The van der Waals surface area contributed by atoms with Gasteiger partial charge in [0, 0.05) is 38.3 Å². The van der Waals surface area contributed by atoms with Crippen LogP contribution in [0.1, 0.15) is 78.1 Å². The summed E-state index contributed by atoms with van der Waals surface area (Å²) in [6.45, 7) is 9.39. The molecular weight excluding hydrogens is 324 g/mol. The third-order valence-corrected chi connectivity index (χ3v) is 6.18. The zero-order chi connectivity index (χ0) is 18.2. The van der Waals surface area contributed by atoms with Crippen LogP contribution < -0.4 is 10.6 Å². The summed E-state index contributed by atoms with van der Waals surface area (Å²) in [4.78, 5) is 7.66. The summed E-state index contributed by atoms with van der Waals surface area (Å²) < 4.78 is 6.32. The van der Waals surface area contributed by atoms with Gasteiger partial charge in [-0.2, -0.15) is 0 Å². The molecule has 150 valence electrons. The predicted molar refractivity (Wildman–Crippen MR) is 109 cm³/mol. The second kappa shape index (κ2) is 9.93. The molecule has 1 aliphatic heterocycles. The van der Waals surface area contributed by atoms with E-state index in [2.05, 4.69) is 29.4 Å². The van der Waals surface area contributed by atoms with E-state index in [9.17, 15) is 0 Å². The van der Waals surface area contributed by atoms with Crippen molar-refractivity contribution in [3.8, 4) is 0 Å². The lowest BCUT2D eigenvalue weighted by molar-refractivity contribution is -0.0624. The molecule has 1 heterocycles. The highest BCUT2D eigenvalue weighted by Crippen LogP contribution is 2.32. The first kappa shape index (κ1) is 19.9. The maximum Gasteiger partial charge on any atom is 0.191 e. The molecule has 0 spiro atoms. The quantitative estimate of drug-likeness (QED) is 0.512. The number of nitrogens with zero attached hydrogens (tertiary/aromatic N) is 2. The minimum Gasteiger partial charge on any atom is -0.373 e. The number of guanidine groups is 1. The largest absolute Gasteiger partial charge is 0.373 e. The van der Waals surface area contributed by atoms with Crippen molar-refractivity contribution in [2.75, 3.05) is 32.8 Å². The maximum absolute atomic E-state index is 6.32. The van der Waals surface area contributed by atoms with Crippen molar-refractivity contribution in [2.24, 2.45) is 4.99 Å². The Balaban J connectivity index is 1.53. The summed E-state index contributed by atoms with van der Waals surface area (Å²) in [5.74, 6) is 0.988. The highest BCUT2D eigenvalue weighted by Gasteiger charge is 2.34. The second-order valence-corrected chi connectivity index (χ2v) is 8.47. The number of rotatable bonds is 8. The standard InChI is InChI=1S/C21H40N4O/c1-3-16-26-21(12-6-5-7-13-21)17-23-20(22-4-2)24-18-10-14-25(15-11-18)19-8-9-19/h18-19H,3-17H2,1-2H3,(H2,22,23,24). The minimum absolute atomic E-state index is 0.0219. The van der Waals surface area contributed by atoms with Gasteiger partial charge in [0.25, 0.3) is 0 Å². The Labute approximate surface area is 160 Å². The van der Waals surface area contributed by atoms with Gasteiger partial charge in [-0.05, 0) is 51.9 Å². The Morgan fingerprint density at radius 1 is 1.08 bits per heavy atom. The summed E-state index contributed by atoms with van der Waals surface area (Å²) in [6.07, 6.45) is 12.6. The predicted octanol–water partition coefficient (Wildman–Crippen LogP) is 3.30. The molecule has 0 aromatic rings. The van der Waals surface area contributed by atoms with Gasteiger partial charge in [0.05, 0.1) is 12.1 Å². The normalized spacial score (nSPS) is 25.2. The molecule has 2 saturated carbocycles. The molecule has 0 aromatic heterocycles. The van der Waals surface area contributed by atoms with Gasteiger partial charge in [0.1, 0.15) is 0 Å². The fourth-order valence-electron chi connectivity index (χ4n) is 4.45. The fourth-order valence-corrected chi connectivity index (χ4v) is 4.45. The molecule has 5 heteroatoms. The Morgan fingerprint density at radius 3 is 2.42 bits per heavy atom. The van der Waals surface area contributed by atoms with Crippen molar-refractivity contribution in [3.63, 3.8) is 0 Å². The Bertz CT molecular complexity index is 435. The average molecular weight is 365 g/mol. The van der Waals surface area contributed by atoms with E-state index in [-0.39, 0.29) is 5.60 Å². The van der Waals surface area contributed by atoms with Crippen molar-refractivity contribution in [1.82, 2.24) is 15.5 Å². The molecule has 26 heavy (non-hydrogen) atoms. The molecule has 0 amide bonds. The van der Waals surface area contributed by atoms with E-state index >= 15 is 0 Å². The van der Waals surface area contributed by atoms with Gasteiger partial charge >= 0.3 is 0 Å². The smallest absolute Gasteiger partial charge is 0.191 e. The molecule has 2 N–H and O–H groups in total. The van der Waals surface area contributed by atoms with Gasteiger partial charge in [-0.1, -0.05) is 26.2 Å². The SMILES string of the molecule is CCCOC1(CN=C(NCC)NC2CCN(C3CC3)CC2)CCCCC1. The molecule has 3 rings (SSSR count). The van der Waals surface area contributed by atoms with Crippen molar-refractivity contribution >= 4 is 5.96 Å². The number of hydrogen-bond donors (Lipinski definition) is 2. The third-order valence-electron chi connectivity index (χ3n) is 6.18. The van der Waals surface area contributed by atoms with Crippen molar-refractivity contribution < 1.29 is 4.74 Å². The van der Waals surface area contributed by atoms with E-state index in [1.54, 1.807) is 0 Å². The Morgan fingerprint density at radius 2 is 1.81 bits per heavy atom. The molecule has 5 nitrogen and oxygen atoms in total. The average Bonchev–Trinajstić information content (AvgIpc) is 3.51. The zero-order valence-electron chi connectivity index (χ0n) is 17.1. The summed E-state index contributed by atoms with van der Waals surface area (Å²) in [6, 6.07) is 1.46. The Kier molecular flexibility index (Phi) is 7.62. The van der Waals surface area contributed by atoms with Crippen LogP contribution in [0.25, 0.3) is 0 Å². The number of piperidine rings is 1. The zero-order valence-corrected chi connectivity index (χ0v) is 17.1. The third kappa shape index (κ3) is 5.85. The van der Waals surface area contributed by atoms with Crippen LogP contribution in [0, 0.1) is 0 Å². The lowest BCUT2D eigenvalue weighted by Gasteiger charge is -2.36. The number of ether oxygens (including phenoxy) is 1. The first-order valence-corrected chi connectivity index (χ1v) is 11.2. The molecule has 0 bridgehead atoms. The van der Waals surface area contributed by atoms with E-state index in [1.165, 1.54) is 58.0 Å². The first-order chi connectivity index (χ1) is 12.7. The van der Waals surface area contributed by atoms with Gasteiger partial charge < -0.3 is 20.3 Å². The lowest BCUT2D eigenvalue weighted by atomic mass is 9.84. The molecule has 3 aliphatic rings. The monoisotopic (exact) mass is 364 g/mol. The molecule has 0 atom stereocenters. The van der Waals surface area contributed by atoms with Crippen LogP contribution >= 0.6 is 0 Å². The van der Waals surface area contributed by atoms with Crippen molar-refractivity contribution in [2.45, 2.75) is 95.7 Å². The van der Waals surface area contributed by atoms with Gasteiger partial charge in [-0.3, -0.25) is 4.99 Å². The number of likely N-dealkylation sites (tertiary alicyclic amines) is 1. The fraction of sp³-hybridized carbons (Fsp3) is 0.952. The maximum atomic E-state index is 6.32. The van der Waals surface area contributed by atoms with E-state index in [0.29, 0.717) is 6.04 Å². The van der Waals surface area contributed by atoms with Gasteiger partial charge in [-0.25, -0.2) is 0 Å². The van der Waals surface area contributed by atoms with Crippen LogP contribution in [0.4, 0.5) is 0 Å². The molecule has 0 radical (unpaired) electrons.